The van der Waals surface area contributed by atoms with Crippen molar-refractivity contribution in [2.75, 3.05) is 52.1 Å². The first-order valence-electron chi connectivity index (χ1n) is 11.4. The number of piperazine rings is 1. The third-order valence-electron chi connectivity index (χ3n) is 6.45. The maximum Gasteiger partial charge on any atom is 0.325 e. The van der Waals surface area contributed by atoms with E-state index in [-0.39, 0.29) is 5.91 Å². The Labute approximate surface area is 201 Å². The van der Waals surface area contributed by atoms with Gasteiger partial charge < -0.3 is 19.6 Å². The molecule has 180 valence electrons. The normalized spacial score (nSPS) is 23.2. The number of para-hydroxylation sites is 1. The lowest BCUT2D eigenvalue weighted by Gasteiger charge is -2.40. The van der Waals surface area contributed by atoms with E-state index in [0.29, 0.717) is 17.5 Å². The van der Waals surface area contributed by atoms with Gasteiger partial charge in [0.25, 0.3) is 5.91 Å². The molecule has 4 heterocycles. The number of imide groups is 1. The number of nitrogens with one attached hydrogen (secondary N) is 1. The first kappa shape index (κ1) is 22.6. The SMILES string of the molecule is CCN1CCN(C2=NC3C(C(=O)NC(=O)N3C)N2CCSc2nnnn2-c2ccccc2)CC1. The third kappa shape index (κ3) is 4.20. The van der Waals surface area contributed by atoms with Crippen molar-refractivity contribution in [3.8, 4) is 5.69 Å². The summed E-state index contributed by atoms with van der Waals surface area (Å²) in [4.78, 5) is 38.1. The topological polar surface area (TPSA) is 115 Å². The Balaban J connectivity index is 1.33. The second-order valence-corrected chi connectivity index (χ2v) is 9.43. The number of carbonyl (C=O) groups excluding carboxylic acids is 2. The number of guanidine groups is 1. The molecule has 1 aromatic carbocycles. The number of aromatic nitrogens is 4. The zero-order chi connectivity index (χ0) is 23.7. The van der Waals surface area contributed by atoms with Gasteiger partial charge in [-0.3, -0.25) is 10.1 Å². The van der Waals surface area contributed by atoms with Crippen LogP contribution < -0.4 is 5.32 Å². The number of tetrazole rings is 1. The molecule has 3 amide bonds. The quantitative estimate of drug-likeness (QED) is 0.563. The summed E-state index contributed by atoms with van der Waals surface area (Å²) in [7, 11) is 1.68. The van der Waals surface area contributed by atoms with Gasteiger partial charge in [-0.15, -0.1) is 5.10 Å². The standard InChI is InChI=1S/C21H28N10O2S/c1-3-28-9-11-29(12-10-28)19-22-17-16(18(32)23-20(33)27(17)2)30(19)13-14-34-21-24-25-26-31(21)15-7-5-4-6-8-15/h4-8,16-17H,3,9-14H2,1-2H3,(H,23,32,33). The molecule has 2 atom stereocenters. The van der Waals surface area contributed by atoms with Crippen molar-refractivity contribution in [1.29, 1.82) is 0 Å². The van der Waals surface area contributed by atoms with Gasteiger partial charge in [-0.25, -0.2) is 9.79 Å². The van der Waals surface area contributed by atoms with Crippen LogP contribution in [-0.2, 0) is 4.79 Å². The molecule has 3 aliphatic heterocycles. The maximum atomic E-state index is 12.9. The molecule has 1 aromatic heterocycles. The minimum atomic E-state index is -0.548. The maximum absolute atomic E-state index is 12.9. The fraction of sp³-hybridized carbons (Fsp3) is 0.524. The summed E-state index contributed by atoms with van der Waals surface area (Å²) < 4.78 is 1.70. The average molecular weight is 485 g/mol. The molecule has 0 radical (unpaired) electrons. The summed E-state index contributed by atoms with van der Waals surface area (Å²) in [6.45, 7) is 7.30. The molecule has 12 nitrogen and oxygen atoms in total. The molecule has 0 saturated carbocycles. The van der Waals surface area contributed by atoms with E-state index in [1.807, 2.05) is 35.2 Å². The average Bonchev–Trinajstić information content (AvgIpc) is 3.49. The lowest BCUT2D eigenvalue weighted by Crippen LogP contribution is -2.64. The van der Waals surface area contributed by atoms with E-state index in [4.69, 9.17) is 4.99 Å². The molecule has 5 rings (SSSR count). The number of urea groups is 1. The van der Waals surface area contributed by atoms with Crippen molar-refractivity contribution in [2.45, 2.75) is 24.3 Å². The van der Waals surface area contributed by atoms with Crippen molar-refractivity contribution < 1.29 is 9.59 Å². The van der Waals surface area contributed by atoms with Crippen LogP contribution in [0.3, 0.4) is 0 Å². The van der Waals surface area contributed by atoms with Crippen LogP contribution in [0.1, 0.15) is 6.92 Å². The van der Waals surface area contributed by atoms with E-state index in [9.17, 15) is 9.59 Å². The minimum absolute atomic E-state index is 0.307. The molecule has 1 N–H and O–H groups in total. The Bertz CT molecular complexity index is 1070. The number of likely N-dealkylation sites (N-methyl/N-ethyl adjacent to an activating group) is 2. The Morgan fingerprint density at radius 1 is 1.12 bits per heavy atom. The van der Waals surface area contributed by atoms with Gasteiger partial charge in [0.1, 0.15) is 0 Å². The molecule has 2 aromatic rings. The number of hydrogen-bond acceptors (Lipinski definition) is 10. The molecular weight excluding hydrogens is 456 g/mol. The molecule has 34 heavy (non-hydrogen) atoms. The van der Waals surface area contributed by atoms with Crippen LogP contribution >= 0.6 is 11.8 Å². The largest absolute Gasteiger partial charge is 0.340 e. The Hall–Kier alpha value is -3.19. The van der Waals surface area contributed by atoms with Gasteiger partial charge in [0.15, 0.2) is 18.2 Å². The highest BCUT2D eigenvalue weighted by atomic mass is 32.2. The highest BCUT2D eigenvalue weighted by molar-refractivity contribution is 7.99. The van der Waals surface area contributed by atoms with E-state index in [0.717, 1.165) is 44.4 Å². The van der Waals surface area contributed by atoms with Crippen LogP contribution in [0.15, 0.2) is 40.5 Å². The number of fused-ring (bicyclic) bond motifs is 1. The fourth-order valence-corrected chi connectivity index (χ4v) is 5.34. The highest BCUT2D eigenvalue weighted by Crippen LogP contribution is 2.27. The number of thioether (sulfide) groups is 1. The summed E-state index contributed by atoms with van der Waals surface area (Å²) in [6, 6.07) is 8.77. The Morgan fingerprint density at radius 3 is 2.62 bits per heavy atom. The summed E-state index contributed by atoms with van der Waals surface area (Å²) in [5.41, 5.74) is 0.888. The van der Waals surface area contributed by atoms with Crippen molar-refractivity contribution >= 4 is 29.7 Å². The third-order valence-corrected chi connectivity index (χ3v) is 7.35. The summed E-state index contributed by atoms with van der Waals surface area (Å²) in [5.74, 6) is 1.12. The lowest BCUT2D eigenvalue weighted by molar-refractivity contribution is -0.127. The predicted molar refractivity (Wildman–Crippen MR) is 127 cm³/mol. The molecule has 13 heteroatoms. The number of hydrogen-bond donors (Lipinski definition) is 1. The molecular formula is C21H28N10O2S. The molecule has 2 saturated heterocycles. The predicted octanol–water partition coefficient (Wildman–Crippen LogP) is -0.0602. The number of carbonyl (C=O) groups is 2. The number of nitrogens with zero attached hydrogens (tertiary/aromatic N) is 9. The Kier molecular flexibility index (Phi) is 6.37. The zero-order valence-electron chi connectivity index (χ0n) is 19.2. The van der Waals surface area contributed by atoms with Crippen LogP contribution in [0.2, 0.25) is 0 Å². The first-order chi connectivity index (χ1) is 16.6. The van der Waals surface area contributed by atoms with Crippen LogP contribution in [0.4, 0.5) is 4.79 Å². The molecule has 0 spiro atoms. The monoisotopic (exact) mass is 484 g/mol. The summed E-state index contributed by atoms with van der Waals surface area (Å²) in [5, 5.41) is 15.3. The van der Waals surface area contributed by atoms with Crippen LogP contribution in [-0.4, -0.2) is 122 Å². The van der Waals surface area contributed by atoms with Crippen LogP contribution in [0.25, 0.3) is 5.69 Å². The first-order valence-corrected chi connectivity index (χ1v) is 12.4. The summed E-state index contributed by atoms with van der Waals surface area (Å²) in [6.07, 6.45) is -0.528. The van der Waals surface area contributed by atoms with E-state index in [1.165, 1.54) is 16.7 Å². The van der Waals surface area contributed by atoms with Gasteiger partial charge in [-0.05, 0) is 29.1 Å². The summed E-state index contributed by atoms with van der Waals surface area (Å²) >= 11 is 1.52. The zero-order valence-corrected chi connectivity index (χ0v) is 20.1. The van der Waals surface area contributed by atoms with Crippen LogP contribution in [0, 0.1) is 0 Å². The van der Waals surface area contributed by atoms with Crippen molar-refractivity contribution in [1.82, 2.24) is 45.1 Å². The van der Waals surface area contributed by atoms with Gasteiger partial charge in [0.05, 0.1) is 5.69 Å². The van der Waals surface area contributed by atoms with E-state index in [1.54, 1.807) is 11.7 Å². The lowest BCUT2D eigenvalue weighted by atomic mass is 10.1. The van der Waals surface area contributed by atoms with Crippen molar-refractivity contribution in [3.05, 3.63) is 30.3 Å². The number of aliphatic imine (C=N–C) groups is 1. The van der Waals surface area contributed by atoms with Gasteiger partial charge in [0, 0.05) is 45.5 Å². The second kappa shape index (κ2) is 9.58. The van der Waals surface area contributed by atoms with Gasteiger partial charge in [-0.1, -0.05) is 36.9 Å². The van der Waals surface area contributed by atoms with Gasteiger partial charge in [0.2, 0.25) is 5.16 Å². The molecule has 2 fully saturated rings. The smallest absolute Gasteiger partial charge is 0.325 e. The minimum Gasteiger partial charge on any atom is -0.340 e. The molecule has 0 bridgehead atoms. The van der Waals surface area contributed by atoms with E-state index in [2.05, 4.69) is 37.6 Å². The molecule has 3 aliphatic rings. The van der Waals surface area contributed by atoms with E-state index < -0.39 is 18.2 Å². The number of benzene rings is 1. The van der Waals surface area contributed by atoms with E-state index >= 15 is 0 Å². The van der Waals surface area contributed by atoms with Crippen molar-refractivity contribution in [2.24, 2.45) is 4.99 Å². The van der Waals surface area contributed by atoms with Crippen LogP contribution in [0.5, 0.6) is 0 Å². The second-order valence-electron chi connectivity index (χ2n) is 8.36. The Morgan fingerprint density at radius 2 is 1.88 bits per heavy atom. The van der Waals surface area contributed by atoms with Gasteiger partial charge >= 0.3 is 6.03 Å². The fourth-order valence-electron chi connectivity index (χ4n) is 4.51. The van der Waals surface area contributed by atoms with Crippen molar-refractivity contribution in [3.63, 3.8) is 0 Å². The molecule has 0 aliphatic carbocycles. The number of rotatable bonds is 6. The van der Waals surface area contributed by atoms with Gasteiger partial charge in [-0.2, -0.15) is 4.68 Å². The molecule has 2 unspecified atom stereocenters. The number of amides is 3. The highest BCUT2D eigenvalue weighted by Gasteiger charge is 2.49.